The summed E-state index contributed by atoms with van der Waals surface area (Å²) in [5.41, 5.74) is 0.893. The van der Waals surface area contributed by atoms with Crippen molar-refractivity contribution < 1.29 is 23.6 Å². The summed E-state index contributed by atoms with van der Waals surface area (Å²) in [7, 11) is 0. The Labute approximate surface area is 270 Å². The third kappa shape index (κ3) is 8.12. The highest BCUT2D eigenvalue weighted by Crippen LogP contribution is 2.28. The zero-order valence-corrected chi connectivity index (χ0v) is 27.1. The van der Waals surface area contributed by atoms with Crippen LogP contribution in [0.1, 0.15) is 87.7 Å². The van der Waals surface area contributed by atoms with Crippen molar-refractivity contribution in [2.24, 2.45) is 5.92 Å². The first-order valence-electron chi connectivity index (χ1n) is 17.0. The normalized spacial score (nSPS) is 19.2. The van der Waals surface area contributed by atoms with Crippen LogP contribution in [-0.2, 0) is 27.3 Å². The molecule has 12 heteroatoms. The Hall–Kier alpha value is -3.80. The van der Waals surface area contributed by atoms with E-state index in [1.165, 1.54) is 31.4 Å². The Morgan fingerprint density at radius 1 is 0.935 bits per heavy atom. The number of hydrogen-bond acceptors (Lipinski definition) is 6. The fourth-order valence-corrected chi connectivity index (χ4v) is 6.87. The van der Waals surface area contributed by atoms with Gasteiger partial charge in [-0.25, -0.2) is 4.39 Å². The number of nitrogens with one attached hydrogen (secondary N) is 3. The van der Waals surface area contributed by atoms with Crippen LogP contribution in [0, 0.1) is 11.7 Å². The van der Waals surface area contributed by atoms with E-state index in [-0.39, 0.29) is 36.3 Å². The molecule has 4 amide bonds. The average Bonchev–Trinajstić information content (AvgIpc) is 3.53. The molecular formula is C34H48FN7O4. The monoisotopic (exact) mass is 637 g/mol. The minimum atomic E-state index is -0.830. The van der Waals surface area contributed by atoms with E-state index in [2.05, 4.69) is 25.9 Å². The van der Waals surface area contributed by atoms with Gasteiger partial charge in [0.2, 0.25) is 17.7 Å². The molecule has 2 aromatic rings. The molecule has 2 aliphatic carbocycles. The van der Waals surface area contributed by atoms with E-state index in [4.69, 9.17) is 0 Å². The van der Waals surface area contributed by atoms with E-state index < -0.39 is 29.7 Å². The topological polar surface area (TPSA) is 129 Å². The number of aromatic nitrogens is 2. The van der Waals surface area contributed by atoms with Gasteiger partial charge in [0.1, 0.15) is 23.6 Å². The molecule has 1 saturated heterocycles. The van der Waals surface area contributed by atoms with Crippen molar-refractivity contribution in [1.29, 1.82) is 0 Å². The fraction of sp³-hybridized carbons (Fsp3) is 0.618. The summed E-state index contributed by atoms with van der Waals surface area (Å²) in [6, 6.07) is 5.04. The van der Waals surface area contributed by atoms with Gasteiger partial charge >= 0.3 is 0 Å². The first-order valence-corrected chi connectivity index (χ1v) is 17.0. The molecule has 1 aliphatic heterocycles. The first kappa shape index (κ1) is 33.6. The zero-order valence-electron chi connectivity index (χ0n) is 27.1. The number of carbonyl (C=O) groups is 4. The highest BCUT2D eigenvalue weighted by atomic mass is 19.1. The van der Waals surface area contributed by atoms with Crippen LogP contribution in [0.15, 0.2) is 30.5 Å². The highest BCUT2D eigenvalue weighted by molar-refractivity contribution is 6.00. The predicted octanol–water partition coefficient (Wildman–Crippen LogP) is 3.49. The highest BCUT2D eigenvalue weighted by Gasteiger charge is 2.34. The second-order valence-corrected chi connectivity index (χ2v) is 12.8. The Morgan fingerprint density at radius 2 is 1.67 bits per heavy atom. The van der Waals surface area contributed by atoms with Gasteiger partial charge in [-0.2, -0.15) is 5.10 Å². The molecule has 3 aliphatic rings. The number of rotatable bonds is 12. The molecule has 0 unspecified atom stereocenters. The Kier molecular flexibility index (Phi) is 11.4. The number of halogens is 1. The summed E-state index contributed by atoms with van der Waals surface area (Å²) in [4.78, 5) is 56.9. The van der Waals surface area contributed by atoms with Crippen molar-refractivity contribution >= 4 is 29.3 Å². The van der Waals surface area contributed by atoms with Crippen LogP contribution in [-0.4, -0.2) is 87.5 Å². The second kappa shape index (κ2) is 15.7. The number of nitrogens with zero attached hydrogens (tertiary/aromatic N) is 4. The summed E-state index contributed by atoms with van der Waals surface area (Å²) in [6.07, 6.45) is 10.2. The van der Waals surface area contributed by atoms with Gasteiger partial charge in [0, 0.05) is 57.8 Å². The number of amides is 4. The minimum absolute atomic E-state index is 0.00463. The van der Waals surface area contributed by atoms with Crippen LogP contribution in [0.3, 0.4) is 0 Å². The van der Waals surface area contributed by atoms with Gasteiger partial charge < -0.3 is 20.9 Å². The maximum absolute atomic E-state index is 15.5. The standard InChI is InChI=1S/C34H48FN7O4/c1-3-30(43)37-28(34(46)41-19-17-40(18-20-41)25-11-8-12-25)22-23-13-14-27(26(35)21-23)38-33(45)31(24-9-6-5-7-10-24)39-32(44)29-15-16-36-42(29)4-2/h13-16,21,24-25,28,31H,3-12,17-20,22H2,1-2H3,(H,37,43)(H,38,45)(H,39,44)/t28-,31+/m1/s1. The average molecular weight is 638 g/mol. The molecule has 3 N–H and O–H groups in total. The minimum Gasteiger partial charge on any atom is -0.344 e. The van der Waals surface area contributed by atoms with Gasteiger partial charge in [0.25, 0.3) is 5.91 Å². The maximum atomic E-state index is 15.5. The van der Waals surface area contributed by atoms with Crippen LogP contribution >= 0.6 is 0 Å². The molecule has 0 spiro atoms. The predicted molar refractivity (Wildman–Crippen MR) is 172 cm³/mol. The van der Waals surface area contributed by atoms with Crippen LogP contribution in [0.25, 0.3) is 0 Å². The maximum Gasteiger partial charge on any atom is 0.270 e. The second-order valence-electron chi connectivity index (χ2n) is 12.8. The Morgan fingerprint density at radius 3 is 2.30 bits per heavy atom. The van der Waals surface area contributed by atoms with Gasteiger partial charge in [0.05, 0.1) is 5.69 Å². The molecule has 11 nitrogen and oxygen atoms in total. The summed E-state index contributed by atoms with van der Waals surface area (Å²) in [5, 5.41) is 12.6. The largest absolute Gasteiger partial charge is 0.344 e. The Bertz CT molecular complexity index is 1380. The molecule has 2 heterocycles. The number of carbonyl (C=O) groups excluding carboxylic acids is 4. The van der Waals surface area contributed by atoms with Crippen LogP contribution in [0.4, 0.5) is 10.1 Å². The summed E-state index contributed by atoms with van der Waals surface area (Å²) in [6.45, 7) is 6.97. The lowest BCUT2D eigenvalue weighted by Crippen LogP contribution is -2.57. The molecule has 1 aromatic heterocycles. The summed E-state index contributed by atoms with van der Waals surface area (Å²) < 4.78 is 17.1. The molecule has 3 fully saturated rings. The third-order valence-corrected chi connectivity index (χ3v) is 9.84. The van der Waals surface area contributed by atoms with Crippen molar-refractivity contribution in [3.63, 3.8) is 0 Å². The molecule has 46 heavy (non-hydrogen) atoms. The molecular weight excluding hydrogens is 589 g/mol. The number of hydrogen-bond donors (Lipinski definition) is 3. The van der Waals surface area contributed by atoms with Crippen LogP contribution < -0.4 is 16.0 Å². The SMILES string of the molecule is CCC(=O)N[C@H](Cc1ccc(NC(=O)[C@@H](NC(=O)c2ccnn2CC)C2CCCCC2)c(F)c1)C(=O)N1CCN(C2CCC2)CC1. The first-order chi connectivity index (χ1) is 22.3. The number of piperazine rings is 1. The molecule has 1 aromatic carbocycles. The van der Waals surface area contributed by atoms with Crippen molar-refractivity contribution in [2.45, 2.75) is 103 Å². The van der Waals surface area contributed by atoms with Gasteiger partial charge in [-0.05, 0) is 62.3 Å². The van der Waals surface area contributed by atoms with E-state index in [1.807, 2.05) is 6.92 Å². The van der Waals surface area contributed by atoms with E-state index in [1.54, 1.807) is 34.8 Å². The van der Waals surface area contributed by atoms with Gasteiger partial charge in [-0.1, -0.05) is 38.7 Å². The fourth-order valence-electron chi connectivity index (χ4n) is 6.87. The molecule has 5 rings (SSSR count). The van der Waals surface area contributed by atoms with Crippen molar-refractivity contribution in [1.82, 2.24) is 30.2 Å². The lowest BCUT2D eigenvalue weighted by molar-refractivity contribution is -0.138. The van der Waals surface area contributed by atoms with Crippen molar-refractivity contribution in [3.05, 3.63) is 47.5 Å². The summed E-state index contributed by atoms with van der Waals surface area (Å²) >= 11 is 0. The lowest BCUT2D eigenvalue weighted by atomic mass is 9.83. The van der Waals surface area contributed by atoms with E-state index >= 15 is 4.39 Å². The van der Waals surface area contributed by atoms with Gasteiger partial charge in [0.15, 0.2) is 0 Å². The van der Waals surface area contributed by atoms with E-state index in [0.717, 1.165) is 45.2 Å². The smallest absolute Gasteiger partial charge is 0.270 e. The third-order valence-electron chi connectivity index (χ3n) is 9.84. The number of anilines is 1. The van der Waals surface area contributed by atoms with Crippen molar-refractivity contribution in [2.75, 3.05) is 31.5 Å². The summed E-state index contributed by atoms with van der Waals surface area (Å²) in [5.74, 6) is -1.99. The van der Waals surface area contributed by atoms with Crippen molar-refractivity contribution in [3.8, 4) is 0 Å². The zero-order chi connectivity index (χ0) is 32.6. The van der Waals surface area contributed by atoms with E-state index in [9.17, 15) is 19.2 Å². The molecule has 2 saturated carbocycles. The van der Waals surface area contributed by atoms with Gasteiger partial charge in [-0.3, -0.25) is 28.8 Å². The quantitative estimate of drug-likeness (QED) is 0.327. The lowest BCUT2D eigenvalue weighted by Gasteiger charge is -2.43. The molecule has 0 bridgehead atoms. The van der Waals surface area contributed by atoms with E-state index in [0.29, 0.717) is 36.9 Å². The number of benzene rings is 1. The molecule has 2 atom stereocenters. The van der Waals surface area contributed by atoms with Crippen LogP contribution in [0.2, 0.25) is 0 Å². The molecule has 250 valence electrons. The van der Waals surface area contributed by atoms with Gasteiger partial charge in [-0.15, -0.1) is 0 Å². The molecule has 0 radical (unpaired) electrons. The Balaban J connectivity index is 1.25. The number of aryl methyl sites for hydroxylation is 1. The van der Waals surface area contributed by atoms with Crippen LogP contribution in [0.5, 0.6) is 0 Å².